The van der Waals surface area contributed by atoms with Crippen LogP contribution in [0.4, 0.5) is 5.69 Å². The van der Waals surface area contributed by atoms with Crippen molar-refractivity contribution in [3.63, 3.8) is 0 Å². The van der Waals surface area contributed by atoms with Crippen molar-refractivity contribution >= 4 is 17.6 Å². The number of carbonyl (C=O) groups excluding carboxylic acids is 1. The van der Waals surface area contributed by atoms with E-state index in [1.165, 1.54) is 30.2 Å². The second-order valence-corrected chi connectivity index (χ2v) is 8.88. The summed E-state index contributed by atoms with van der Waals surface area (Å²) in [6, 6.07) is 13.2. The number of hydrogen-bond acceptors (Lipinski definition) is 4. The van der Waals surface area contributed by atoms with E-state index in [0.29, 0.717) is 12.4 Å². The van der Waals surface area contributed by atoms with Crippen LogP contribution in [0.25, 0.3) is 0 Å². The first-order chi connectivity index (χ1) is 15.9. The van der Waals surface area contributed by atoms with Crippen LogP contribution in [0.5, 0.6) is 5.75 Å². The van der Waals surface area contributed by atoms with E-state index >= 15 is 0 Å². The molecule has 33 heavy (non-hydrogen) atoms. The van der Waals surface area contributed by atoms with Crippen LogP contribution in [0.15, 0.2) is 42.5 Å². The van der Waals surface area contributed by atoms with Gasteiger partial charge in [-0.1, -0.05) is 44.5 Å². The second-order valence-electron chi connectivity index (χ2n) is 8.88. The molecule has 1 fully saturated rings. The smallest absolute Gasteiger partial charge is 0.339 e. The van der Waals surface area contributed by atoms with Gasteiger partial charge in [0.05, 0.1) is 19.1 Å². The zero-order valence-electron chi connectivity index (χ0n) is 20.0. The maximum atomic E-state index is 13.0. The van der Waals surface area contributed by atoms with Crippen LogP contribution in [-0.2, 0) is 11.2 Å². The van der Waals surface area contributed by atoms with Crippen LogP contribution in [0.2, 0.25) is 0 Å². The maximum Gasteiger partial charge on any atom is 0.339 e. The highest BCUT2D eigenvalue weighted by Gasteiger charge is 2.23. The van der Waals surface area contributed by atoms with Gasteiger partial charge in [0, 0.05) is 18.8 Å². The summed E-state index contributed by atoms with van der Waals surface area (Å²) in [5, 5.41) is 12.6. The highest BCUT2D eigenvalue weighted by Crippen LogP contribution is 2.32. The fraction of sp³-hybridized carbons (Fsp3) is 0.481. The normalized spacial score (nSPS) is 15.2. The molecule has 2 aromatic rings. The van der Waals surface area contributed by atoms with Gasteiger partial charge in [0.25, 0.3) is 0 Å². The second kappa shape index (κ2) is 11.7. The van der Waals surface area contributed by atoms with Crippen LogP contribution in [0.3, 0.4) is 0 Å². The summed E-state index contributed by atoms with van der Waals surface area (Å²) in [6.45, 7) is 8.69. The van der Waals surface area contributed by atoms with E-state index in [-0.39, 0.29) is 23.9 Å². The summed E-state index contributed by atoms with van der Waals surface area (Å²) in [7, 11) is 0. The maximum absolute atomic E-state index is 13.0. The van der Waals surface area contributed by atoms with E-state index < -0.39 is 5.97 Å². The summed E-state index contributed by atoms with van der Waals surface area (Å²) in [4.78, 5) is 26.9. The SMILES string of the molecule is CCCC(NC(=O)Cc1ccc(C(=O)O)c(OCC)c1)c1ccccc1N1CCC(C)CC1. The number of aromatic carboxylic acids is 1. The number of anilines is 1. The fourth-order valence-electron chi connectivity index (χ4n) is 4.47. The Morgan fingerprint density at radius 3 is 2.55 bits per heavy atom. The molecule has 1 saturated heterocycles. The lowest BCUT2D eigenvalue weighted by Gasteiger charge is -2.35. The van der Waals surface area contributed by atoms with E-state index in [1.54, 1.807) is 19.1 Å². The molecule has 2 N–H and O–H groups in total. The molecule has 1 atom stereocenters. The van der Waals surface area contributed by atoms with Crippen LogP contribution < -0.4 is 15.0 Å². The van der Waals surface area contributed by atoms with Crippen molar-refractivity contribution in [3.8, 4) is 5.75 Å². The molecule has 6 nitrogen and oxygen atoms in total. The highest BCUT2D eigenvalue weighted by atomic mass is 16.5. The Labute approximate surface area is 196 Å². The summed E-state index contributed by atoms with van der Waals surface area (Å²) < 4.78 is 5.48. The molecule has 0 radical (unpaired) electrons. The molecule has 1 aliphatic heterocycles. The lowest BCUT2D eigenvalue weighted by Crippen LogP contribution is -2.35. The number of carbonyl (C=O) groups is 2. The molecule has 0 spiro atoms. The quantitative estimate of drug-likeness (QED) is 0.517. The first-order valence-corrected chi connectivity index (χ1v) is 12.0. The minimum atomic E-state index is -1.04. The van der Waals surface area contributed by atoms with Crippen molar-refractivity contribution in [2.45, 2.75) is 58.9 Å². The zero-order valence-corrected chi connectivity index (χ0v) is 20.0. The first kappa shape index (κ1) is 24.6. The van der Waals surface area contributed by atoms with Crippen LogP contribution in [0, 0.1) is 5.92 Å². The number of nitrogens with zero attached hydrogens (tertiary/aromatic N) is 1. The average Bonchev–Trinajstić information content (AvgIpc) is 2.79. The number of benzene rings is 2. The molecule has 0 aliphatic carbocycles. The third kappa shape index (κ3) is 6.50. The van der Waals surface area contributed by atoms with E-state index in [1.807, 2.05) is 6.07 Å². The standard InChI is InChI=1S/C27H36N2O4/c1-4-8-23(21-9-6-7-10-24(21)29-15-13-19(3)14-16-29)28-26(30)18-20-11-12-22(27(31)32)25(17-20)33-5-2/h6-7,9-12,17,19,23H,4-5,8,13-16,18H2,1-3H3,(H,28,30)(H,31,32). The van der Waals surface area contributed by atoms with E-state index in [2.05, 4.69) is 42.3 Å². The first-order valence-electron chi connectivity index (χ1n) is 12.0. The number of rotatable bonds is 10. The molecule has 0 saturated carbocycles. The fourth-order valence-corrected chi connectivity index (χ4v) is 4.47. The number of hydrogen-bond donors (Lipinski definition) is 2. The predicted octanol–water partition coefficient (Wildman–Crippen LogP) is 5.22. The molecule has 1 aliphatic rings. The van der Waals surface area contributed by atoms with Gasteiger partial charge in [-0.3, -0.25) is 4.79 Å². The molecule has 3 rings (SSSR count). The lowest BCUT2D eigenvalue weighted by molar-refractivity contribution is -0.121. The summed E-state index contributed by atoms with van der Waals surface area (Å²) in [5.41, 5.74) is 3.22. The van der Waals surface area contributed by atoms with Crippen molar-refractivity contribution in [2.24, 2.45) is 5.92 Å². The van der Waals surface area contributed by atoms with E-state index in [9.17, 15) is 14.7 Å². The largest absolute Gasteiger partial charge is 0.493 e. The van der Waals surface area contributed by atoms with Gasteiger partial charge < -0.3 is 20.1 Å². The van der Waals surface area contributed by atoms with Gasteiger partial charge in [-0.05, 0) is 61.4 Å². The molecule has 1 heterocycles. The average molecular weight is 453 g/mol. The van der Waals surface area contributed by atoms with Crippen molar-refractivity contribution in [1.82, 2.24) is 5.32 Å². The number of amides is 1. The third-order valence-corrected chi connectivity index (χ3v) is 6.29. The van der Waals surface area contributed by atoms with Gasteiger partial charge in [-0.25, -0.2) is 4.79 Å². The third-order valence-electron chi connectivity index (χ3n) is 6.29. The molecule has 2 aromatic carbocycles. The minimum absolute atomic E-state index is 0.0669. The number of ether oxygens (including phenoxy) is 1. The Balaban J connectivity index is 1.76. The summed E-state index contributed by atoms with van der Waals surface area (Å²) in [5.74, 6) is -0.0686. The summed E-state index contributed by atoms with van der Waals surface area (Å²) >= 11 is 0. The monoisotopic (exact) mass is 452 g/mol. The van der Waals surface area contributed by atoms with Crippen molar-refractivity contribution < 1.29 is 19.4 Å². The van der Waals surface area contributed by atoms with E-state index in [0.717, 1.165) is 37.4 Å². The van der Waals surface area contributed by atoms with Crippen LogP contribution >= 0.6 is 0 Å². The molecule has 6 heteroatoms. The number of carboxylic acid groups (broad SMARTS) is 1. The van der Waals surface area contributed by atoms with Gasteiger partial charge >= 0.3 is 5.97 Å². The minimum Gasteiger partial charge on any atom is -0.493 e. The van der Waals surface area contributed by atoms with Gasteiger partial charge in [0.15, 0.2) is 0 Å². The molecular weight excluding hydrogens is 416 g/mol. The zero-order chi connectivity index (χ0) is 23.8. The highest BCUT2D eigenvalue weighted by molar-refractivity contribution is 5.91. The molecular formula is C27H36N2O4. The lowest BCUT2D eigenvalue weighted by atomic mass is 9.95. The topological polar surface area (TPSA) is 78.9 Å². The molecule has 0 aromatic heterocycles. The number of carboxylic acids is 1. The van der Waals surface area contributed by atoms with E-state index in [4.69, 9.17) is 4.74 Å². The van der Waals surface area contributed by atoms with Crippen LogP contribution in [0.1, 0.15) is 74.0 Å². The van der Waals surface area contributed by atoms with Crippen molar-refractivity contribution in [1.29, 1.82) is 0 Å². The Morgan fingerprint density at radius 1 is 1.15 bits per heavy atom. The summed E-state index contributed by atoms with van der Waals surface area (Å²) in [6.07, 6.45) is 4.36. The number of nitrogens with one attached hydrogen (secondary N) is 1. The van der Waals surface area contributed by atoms with Gasteiger partial charge in [0.2, 0.25) is 5.91 Å². The Bertz CT molecular complexity index is 951. The molecule has 1 unspecified atom stereocenters. The van der Waals surface area contributed by atoms with Gasteiger partial charge in [-0.2, -0.15) is 0 Å². The molecule has 178 valence electrons. The van der Waals surface area contributed by atoms with Crippen molar-refractivity contribution in [2.75, 3.05) is 24.6 Å². The van der Waals surface area contributed by atoms with Crippen molar-refractivity contribution in [3.05, 3.63) is 59.2 Å². The Morgan fingerprint density at radius 2 is 1.88 bits per heavy atom. The van der Waals surface area contributed by atoms with Gasteiger partial charge in [0.1, 0.15) is 11.3 Å². The molecule has 1 amide bonds. The Kier molecular flexibility index (Phi) is 8.75. The predicted molar refractivity (Wildman–Crippen MR) is 131 cm³/mol. The van der Waals surface area contributed by atoms with Crippen LogP contribution in [-0.4, -0.2) is 36.7 Å². The number of piperidine rings is 1. The Hall–Kier alpha value is -3.02. The number of para-hydroxylation sites is 1. The molecule has 0 bridgehead atoms. The van der Waals surface area contributed by atoms with Gasteiger partial charge in [-0.15, -0.1) is 0 Å².